The molecule has 1 aromatic carbocycles. The van der Waals surface area contributed by atoms with E-state index in [1.165, 1.54) is 37.7 Å². The summed E-state index contributed by atoms with van der Waals surface area (Å²) in [7, 11) is 3.86. The number of likely N-dealkylation sites (N-methyl/N-ethyl adjacent to an activating group) is 1. The Kier molecular flexibility index (Phi) is 3.99. The van der Waals surface area contributed by atoms with E-state index in [9.17, 15) is 0 Å². The van der Waals surface area contributed by atoms with Crippen LogP contribution in [0.5, 0.6) is 5.75 Å². The molecule has 0 bridgehead atoms. The lowest BCUT2D eigenvalue weighted by Gasteiger charge is -2.49. The van der Waals surface area contributed by atoms with Crippen molar-refractivity contribution >= 4 is 0 Å². The first-order chi connectivity index (χ1) is 9.73. The molecule has 1 aliphatic heterocycles. The summed E-state index contributed by atoms with van der Waals surface area (Å²) < 4.78 is 11.6. The van der Waals surface area contributed by atoms with Crippen LogP contribution in [-0.4, -0.2) is 37.9 Å². The summed E-state index contributed by atoms with van der Waals surface area (Å²) in [5.41, 5.74) is 1.46. The molecule has 2 aliphatic rings. The molecule has 3 rings (SSSR count). The number of methoxy groups -OCH3 is 1. The van der Waals surface area contributed by atoms with Crippen molar-refractivity contribution in [3.05, 3.63) is 29.8 Å². The fourth-order valence-corrected chi connectivity index (χ4v) is 3.76. The molecule has 20 heavy (non-hydrogen) atoms. The maximum absolute atomic E-state index is 6.34. The van der Waals surface area contributed by atoms with Crippen molar-refractivity contribution in [2.24, 2.45) is 0 Å². The highest BCUT2D eigenvalue weighted by atomic mass is 16.5. The Morgan fingerprint density at radius 2 is 1.85 bits per heavy atom. The van der Waals surface area contributed by atoms with Crippen LogP contribution < -0.4 is 4.74 Å². The van der Waals surface area contributed by atoms with Crippen molar-refractivity contribution in [1.29, 1.82) is 0 Å². The lowest BCUT2D eigenvalue weighted by Crippen LogP contribution is -2.52. The third-order valence-corrected chi connectivity index (χ3v) is 4.92. The van der Waals surface area contributed by atoms with Gasteiger partial charge in [-0.3, -0.25) is 4.90 Å². The van der Waals surface area contributed by atoms with Crippen molar-refractivity contribution in [3.8, 4) is 5.75 Å². The van der Waals surface area contributed by atoms with Gasteiger partial charge in [-0.25, -0.2) is 0 Å². The van der Waals surface area contributed by atoms with Gasteiger partial charge >= 0.3 is 0 Å². The molecular weight excluding hydrogens is 250 g/mol. The van der Waals surface area contributed by atoms with Gasteiger partial charge in [-0.15, -0.1) is 0 Å². The first kappa shape index (κ1) is 13.9. The second kappa shape index (κ2) is 5.74. The van der Waals surface area contributed by atoms with E-state index in [2.05, 4.69) is 36.2 Å². The van der Waals surface area contributed by atoms with Crippen molar-refractivity contribution in [3.63, 3.8) is 0 Å². The van der Waals surface area contributed by atoms with Gasteiger partial charge in [0.05, 0.1) is 19.4 Å². The average molecular weight is 275 g/mol. The molecule has 1 saturated carbocycles. The Bertz CT molecular complexity index is 437. The summed E-state index contributed by atoms with van der Waals surface area (Å²) in [4.78, 5) is 2.29. The topological polar surface area (TPSA) is 21.7 Å². The molecule has 110 valence electrons. The highest BCUT2D eigenvalue weighted by molar-refractivity contribution is 5.32. The van der Waals surface area contributed by atoms with Gasteiger partial charge in [-0.05, 0) is 37.6 Å². The van der Waals surface area contributed by atoms with Gasteiger partial charge in [0.25, 0.3) is 0 Å². The van der Waals surface area contributed by atoms with Crippen LogP contribution >= 0.6 is 0 Å². The van der Waals surface area contributed by atoms with E-state index in [0.717, 1.165) is 19.0 Å². The number of hydrogen-bond donors (Lipinski definition) is 0. The van der Waals surface area contributed by atoms with Crippen LogP contribution in [0.25, 0.3) is 0 Å². The second-order valence-corrected chi connectivity index (χ2v) is 6.26. The molecule has 0 unspecified atom stereocenters. The van der Waals surface area contributed by atoms with Crippen molar-refractivity contribution < 1.29 is 9.47 Å². The molecule has 0 aromatic heterocycles. The molecule has 3 nitrogen and oxygen atoms in total. The smallest absolute Gasteiger partial charge is 0.118 e. The fourth-order valence-electron chi connectivity index (χ4n) is 3.76. The zero-order valence-corrected chi connectivity index (χ0v) is 12.6. The molecule has 1 heterocycles. The van der Waals surface area contributed by atoms with E-state index in [1.54, 1.807) is 7.11 Å². The standard InChI is InChI=1S/C17H25NO2/c1-18-12-16(14-6-8-15(19-2)9-7-14)17(20-13-18)10-4-3-5-11-17/h6-9,16H,3-5,10-13H2,1-2H3/t16-/m0/s1. The highest BCUT2D eigenvalue weighted by Crippen LogP contribution is 2.45. The Morgan fingerprint density at radius 3 is 2.50 bits per heavy atom. The number of nitrogens with zero attached hydrogens (tertiary/aromatic N) is 1. The third kappa shape index (κ3) is 2.57. The Hall–Kier alpha value is -1.06. The Morgan fingerprint density at radius 1 is 1.15 bits per heavy atom. The van der Waals surface area contributed by atoms with Crippen LogP contribution in [0.2, 0.25) is 0 Å². The van der Waals surface area contributed by atoms with E-state index in [4.69, 9.17) is 9.47 Å². The SMILES string of the molecule is COc1ccc([C@@H]2CN(C)COC23CCCCC3)cc1. The summed E-state index contributed by atoms with van der Waals surface area (Å²) in [5, 5.41) is 0. The summed E-state index contributed by atoms with van der Waals surface area (Å²) in [6.07, 6.45) is 6.37. The fraction of sp³-hybridized carbons (Fsp3) is 0.647. The molecular formula is C17H25NO2. The van der Waals surface area contributed by atoms with E-state index in [1.807, 2.05) is 0 Å². The van der Waals surface area contributed by atoms with Crippen LogP contribution in [0.1, 0.15) is 43.6 Å². The molecule has 1 aromatic rings. The minimum atomic E-state index is 0.0688. The maximum Gasteiger partial charge on any atom is 0.118 e. The number of hydrogen-bond acceptors (Lipinski definition) is 3. The summed E-state index contributed by atoms with van der Waals surface area (Å²) in [5.74, 6) is 1.41. The Balaban J connectivity index is 1.88. The normalized spacial score (nSPS) is 26.6. The Labute approximate surface area is 121 Å². The summed E-state index contributed by atoms with van der Waals surface area (Å²) >= 11 is 0. The first-order valence-electron chi connectivity index (χ1n) is 7.70. The van der Waals surface area contributed by atoms with Crippen molar-refractivity contribution in [2.75, 3.05) is 27.4 Å². The molecule has 0 N–H and O–H groups in total. The van der Waals surface area contributed by atoms with Crippen LogP contribution in [0.3, 0.4) is 0 Å². The minimum absolute atomic E-state index is 0.0688. The molecule has 0 radical (unpaired) electrons. The molecule has 0 amide bonds. The lowest BCUT2D eigenvalue weighted by atomic mass is 9.71. The zero-order valence-electron chi connectivity index (χ0n) is 12.6. The minimum Gasteiger partial charge on any atom is -0.497 e. The van der Waals surface area contributed by atoms with E-state index < -0.39 is 0 Å². The van der Waals surface area contributed by atoms with Crippen molar-refractivity contribution in [2.45, 2.75) is 43.6 Å². The zero-order chi connectivity index (χ0) is 14.0. The van der Waals surface area contributed by atoms with Gasteiger partial charge in [-0.1, -0.05) is 31.4 Å². The second-order valence-electron chi connectivity index (χ2n) is 6.26. The van der Waals surface area contributed by atoms with Gasteiger partial charge in [-0.2, -0.15) is 0 Å². The number of ether oxygens (including phenoxy) is 2. The van der Waals surface area contributed by atoms with Gasteiger partial charge in [0.15, 0.2) is 0 Å². The molecule has 1 atom stereocenters. The maximum atomic E-state index is 6.34. The molecule has 3 heteroatoms. The van der Waals surface area contributed by atoms with Crippen molar-refractivity contribution in [1.82, 2.24) is 4.90 Å². The van der Waals surface area contributed by atoms with Crippen LogP contribution in [0.4, 0.5) is 0 Å². The molecule has 1 spiro atoms. The lowest BCUT2D eigenvalue weighted by molar-refractivity contribution is -0.161. The summed E-state index contributed by atoms with van der Waals surface area (Å²) in [6.45, 7) is 1.86. The van der Waals surface area contributed by atoms with E-state index in [-0.39, 0.29) is 5.60 Å². The van der Waals surface area contributed by atoms with Gasteiger partial charge in [0.1, 0.15) is 5.75 Å². The van der Waals surface area contributed by atoms with Crippen LogP contribution in [-0.2, 0) is 4.74 Å². The van der Waals surface area contributed by atoms with Crippen LogP contribution in [0.15, 0.2) is 24.3 Å². The van der Waals surface area contributed by atoms with E-state index in [0.29, 0.717) is 5.92 Å². The number of rotatable bonds is 2. The van der Waals surface area contributed by atoms with Gasteiger partial charge < -0.3 is 9.47 Å². The summed E-state index contributed by atoms with van der Waals surface area (Å²) in [6, 6.07) is 8.56. The third-order valence-electron chi connectivity index (χ3n) is 4.92. The molecule has 1 aliphatic carbocycles. The quantitative estimate of drug-likeness (QED) is 0.825. The highest BCUT2D eigenvalue weighted by Gasteiger charge is 2.44. The predicted octanol–water partition coefficient (Wildman–Crippen LogP) is 3.40. The largest absolute Gasteiger partial charge is 0.497 e. The number of benzene rings is 1. The predicted molar refractivity (Wildman–Crippen MR) is 80.1 cm³/mol. The van der Waals surface area contributed by atoms with E-state index >= 15 is 0 Å². The van der Waals surface area contributed by atoms with Gasteiger partial charge in [0, 0.05) is 12.5 Å². The molecule has 1 saturated heterocycles. The van der Waals surface area contributed by atoms with Crippen LogP contribution in [0, 0.1) is 0 Å². The monoisotopic (exact) mass is 275 g/mol. The van der Waals surface area contributed by atoms with Gasteiger partial charge in [0.2, 0.25) is 0 Å². The average Bonchev–Trinajstić information content (AvgIpc) is 2.51. The molecule has 2 fully saturated rings. The first-order valence-corrected chi connectivity index (χ1v) is 7.70.